The zero-order valence-electron chi connectivity index (χ0n) is 7.28. The molecule has 0 aliphatic heterocycles. The summed E-state index contributed by atoms with van der Waals surface area (Å²) in [7, 11) is 0. The Bertz CT molecular complexity index is 270. The van der Waals surface area contributed by atoms with Gasteiger partial charge < -0.3 is 0 Å². The lowest BCUT2D eigenvalue weighted by atomic mass is 9.93. The number of fused-ring (bicyclic) bond motifs is 1. The van der Waals surface area contributed by atoms with E-state index in [-0.39, 0.29) is 0 Å². The standard InChI is InChI=1S/C11H14/c1-8-7-10-5-3-4-6-11(10)9(8)2/h6-7H,3-5H2,1-2H3. The summed E-state index contributed by atoms with van der Waals surface area (Å²) < 4.78 is 0. The van der Waals surface area contributed by atoms with Crippen LogP contribution in [0.3, 0.4) is 0 Å². The summed E-state index contributed by atoms with van der Waals surface area (Å²) in [5.41, 5.74) is 6.08. The summed E-state index contributed by atoms with van der Waals surface area (Å²) in [6, 6.07) is 0. The SMILES string of the molecule is CC1=C(C)C2=CCCCC2=C1. The molecule has 0 bridgehead atoms. The van der Waals surface area contributed by atoms with E-state index in [4.69, 9.17) is 0 Å². The van der Waals surface area contributed by atoms with Crippen LogP contribution in [0.15, 0.2) is 34.4 Å². The van der Waals surface area contributed by atoms with Gasteiger partial charge in [0.1, 0.15) is 0 Å². The van der Waals surface area contributed by atoms with Crippen LogP contribution in [-0.4, -0.2) is 0 Å². The second-order valence-electron chi connectivity index (χ2n) is 3.49. The van der Waals surface area contributed by atoms with Gasteiger partial charge in [-0.2, -0.15) is 0 Å². The minimum Gasteiger partial charge on any atom is -0.0767 e. The van der Waals surface area contributed by atoms with E-state index in [0.29, 0.717) is 0 Å². The van der Waals surface area contributed by atoms with Gasteiger partial charge >= 0.3 is 0 Å². The maximum Gasteiger partial charge on any atom is -0.0232 e. The number of allylic oxidation sites excluding steroid dienone is 6. The van der Waals surface area contributed by atoms with Crippen molar-refractivity contribution in [2.75, 3.05) is 0 Å². The molecule has 0 aromatic heterocycles. The van der Waals surface area contributed by atoms with Crippen molar-refractivity contribution in [1.29, 1.82) is 0 Å². The average Bonchev–Trinajstić information content (AvgIpc) is 2.30. The van der Waals surface area contributed by atoms with Crippen LogP contribution in [0.4, 0.5) is 0 Å². The molecular weight excluding hydrogens is 132 g/mol. The highest BCUT2D eigenvalue weighted by atomic mass is 14.2. The summed E-state index contributed by atoms with van der Waals surface area (Å²) in [4.78, 5) is 0. The van der Waals surface area contributed by atoms with Gasteiger partial charge in [0.15, 0.2) is 0 Å². The molecule has 0 atom stereocenters. The maximum absolute atomic E-state index is 2.39. The van der Waals surface area contributed by atoms with Crippen LogP contribution in [0.5, 0.6) is 0 Å². The van der Waals surface area contributed by atoms with E-state index in [1.54, 1.807) is 5.57 Å². The van der Waals surface area contributed by atoms with Crippen molar-refractivity contribution in [3.8, 4) is 0 Å². The molecule has 11 heavy (non-hydrogen) atoms. The quantitative estimate of drug-likeness (QED) is 0.491. The smallest absolute Gasteiger partial charge is 0.0232 e. The van der Waals surface area contributed by atoms with Crippen LogP contribution in [0.2, 0.25) is 0 Å². The summed E-state index contributed by atoms with van der Waals surface area (Å²) >= 11 is 0. The minimum absolute atomic E-state index is 1.28. The Balaban J connectivity index is 2.45. The van der Waals surface area contributed by atoms with Gasteiger partial charge in [-0.25, -0.2) is 0 Å². The Morgan fingerprint density at radius 1 is 1.27 bits per heavy atom. The zero-order chi connectivity index (χ0) is 7.84. The first-order chi connectivity index (χ1) is 5.29. The number of rotatable bonds is 0. The largest absolute Gasteiger partial charge is 0.0767 e. The predicted octanol–water partition coefficient (Wildman–Crippen LogP) is 3.37. The first-order valence-corrected chi connectivity index (χ1v) is 4.38. The Labute approximate surface area is 68.3 Å². The van der Waals surface area contributed by atoms with Gasteiger partial charge in [-0.1, -0.05) is 12.2 Å². The molecular formula is C11H14. The van der Waals surface area contributed by atoms with Crippen LogP contribution in [0.25, 0.3) is 0 Å². The Kier molecular flexibility index (Phi) is 1.49. The highest BCUT2D eigenvalue weighted by Gasteiger charge is 2.17. The van der Waals surface area contributed by atoms with E-state index in [2.05, 4.69) is 26.0 Å². The normalized spacial score (nSPS) is 23.1. The summed E-state index contributed by atoms with van der Waals surface area (Å²) in [5, 5.41) is 0. The molecule has 2 rings (SSSR count). The molecule has 0 nitrogen and oxygen atoms in total. The molecule has 0 heteroatoms. The Hall–Kier alpha value is -0.780. The second-order valence-corrected chi connectivity index (χ2v) is 3.49. The van der Waals surface area contributed by atoms with Crippen molar-refractivity contribution in [1.82, 2.24) is 0 Å². The van der Waals surface area contributed by atoms with E-state index in [1.165, 1.54) is 36.0 Å². The molecule has 0 amide bonds. The minimum atomic E-state index is 1.28. The van der Waals surface area contributed by atoms with E-state index >= 15 is 0 Å². The molecule has 2 aliphatic carbocycles. The lowest BCUT2D eigenvalue weighted by Crippen LogP contribution is -1.93. The summed E-state index contributed by atoms with van der Waals surface area (Å²) in [5.74, 6) is 0. The van der Waals surface area contributed by atoms with Crippen LogP contribution < -0.4 is 0 Å². The van der Waals surface area contributed by atoms with E-state index in [9.17, 15) is 0 Å². The van der Waals surface area contributed by atoms with Crippen molar-refractivity contribution in [3.63, 3.8) is 0 Å². The van der Waals surface area contributed by atoms with E-state index < -0.39 is 0 Å². The molecule has 0 heterocycles. The highest BCUT2D eigenvalue weighted by Crippen LogP contribution is 2.36. The first-order valence-electron chi connectivity index (χ1n) is 4.38. The van der Waals surface area contributed by atoms with Crippen molar-refractivity contribution < 1.29 is 0 Å². The molecule has 0 fully saturated rings. The Morgan fingerprint density at radius 3 is 2.82 bits per heavy atom. The molecule has 0 spiro atoms. The van der Waals surface area contributed by atoms with Gasteiger partial charge in [0.05, 0.1) is 0 Å². The fourth-order valence-corrected chi connectivity index (χ4v) is 1.93. The van der Waals surface area contributed by atoms with Crippen LogP contribution in [-0.2, 0) is 0 Å². The molecule has 0 aromatic rings. The lowest BCUT2D eigenvalue weighted by molar-refractivity contribution is 0.809. The molecule has 0 saturated heterocycles. The van der Waals surface area contributed by atoms with Crippen molar-refractivity contribution in [2.24, 2.45) is 0 Å². The third-order valence-corrected chi connectivity index (χ3v) is 2.73. The van der Waals surface area contributed by atoms with Gasteiger partial charge in [0, 0.05) is 0 Å². The van der Waals surface area contributed by atoms with Crippen LogP contribution in [0, 0.1) is 0 Å². The predicted molar refractivity (Wildman–Crippen MR) is 48.4 cm³/mol. The third kappa shape index (κ3) is 0.973. The molecule has 2 aliphatic rings. The van der Waals surface area contributed by atoms with Gasteiger partial charge in [-0.15, -0.1) is 0 Å². The Morgan fingerprint density at radius 2 is 2.09 bits per heavy atom. The first kappa shape index (κ1) is 6.90. The fourth-order valence-electron chi connectivity index (χ4n) is 1.93. The molecule has 0 aromatic carbocycles. The summed E-state index contributed by atoms with van der Waals surface area (Å²) in [6.45, 7) is 4.44. The van der Waals surface area contributed by atoms with Gasteiger partial charge in [-0.05, 0) is 55.4 Å². The number of hydrogen-bond acceptors (Lipinski definition) is 0. The average molecular weight is 146 g/mol. The third-order valence-electron chi connectivity index (χ3n) is 2.73. The highest BCUT2D eigenvalue weighted by molar-refractivity contribution is 5.58. The van der Waals surface area contributed by atoms with Crippen molar-refractivity contribution >= 4 is 0 Å². The van der Waals surface area contributed by atoms with Gasteiger partial charge in [0.2, 0.25) is 0 Å². The van der Waals surface area contributed by atoms with Crippen molar-refractivity contribution in [2.45, 2.75) is 33.1 Å². The molecule has 58 valence electrons. The van der Waals surface area contributed by atoms with Gasteiger partial charge in [-0.3, -0.25) is 0 Å². The van der Waals surface area contributed by atoms with Gasteiger partial charge in [0.25, 0.3) is 0 Å². The molecule has 0 unspecified atom stereocenters. The molecule has 0 radical (unpaired) electrons. The summed E-state index contributed by atoms with van der Waals surface area (Å²) in [6.07, 6.45) is 8.65. The van der Waals surface area contributed by atoms with E-state index in [1.807, 2.05) is 0 Å². The maximum atomic E-state index is 2.39. The fraction of sp³-hybridized carbons (Fsp3) is 0.455. The van der Waals surface area contributed by atoms with Crippen LogP contribution >= 0.6 is 0 Å². The number of hydrogen-bond donors (Lipinski definition) is 0. The van der Waals surface area contributed by atoms with E-state index in [0.717, 1.165) is 0 Å². The lowest BCUT2D eigenvalue weighted by Gasteiger charge is -2.12. The topological polar surface area (TPSA) is 0 Å². The zero-order valence-corrected chi connectivity index (χ0v) is 7.28. The monoisotopic (exact) mass is 146 g/mol. The molecule has 0 saturated carbocycles. The van der Waals surface area contributed by atoms with Crippen molar-refractivity contribution in [3.05, 3.63) is 34.4 Å². The second kappa shape index (κ2) is 2.37. The van der Waals surface area contributed by atoms with Crippen LogP contribution in [0.1, 0.15) is 33.1 Å². The molecule has 0 N–H and O–H groups in total.